The lowest BCUT2D eigenvalue weighted by molar-refractivity contribution is 0.393. The van der Waals surface area contributed by atoms with Crippen LogP contribution in [0.15, 0.2) is 65.3 Å². The Morgan fingerprint density at radius 1 is 0.962 bits per heavy atom. The molecule has 0 N–H and O–H groups in total. The Bertz CT molecular complexity index is 1150. The molecule has 0 saturated carbocycles. The predicted octanol–water partition coefficient (Wildman–Crippen LogP) is 5.82. The van der Waals surface area contributed by atoms with Crippen LogP contribution in [-0.4, -0.2) is 14.5 Å². The molecule has 0 fully saturated rings. The summed E-state index contributed by atoms with van der Waals surface area (Å²) in [5.74, 6) is 0.873. The average molecular weight is 361 g/mol. The molecule has 5 rings (SSSR count). The summed E-state index contributed by atoms with van der Waals surface area (Å²) < 4.78 is 8.17. The Balaban J connectivity index is 0.000000204. The van der Waals surface area contributed by atoms with Crippen molar-refractivity contribution in [2.75, 3.05) is 0 Å². The Labute approximate surface area is 155 Å². The standard InChI is InChI=1S/C16H12N2S.C5H7NO/c1-11-6-8-12(9-7-11)13-10-18-14-4-2-3-5-15(14)19-16(18)17-13;1-4-3-5(2)7-6-4/h2-10H,1H3;3H,1-2H3. The van der Waals surface area contributed by atoms with Crippen LogP contribution < -0.4 is 0 Å². The van der Waals surface area contributed by atoms with Gasteiger partial charge in [-0.25, -0.2) is 4.98 Å². The maximum atomic E-state index is 4.73. The summed E-state index contributed by atoms with van der Waals surface area (Å²) in [5, 5.41) is 3.64. The maximum absolute atomic E-state index is 4.73. The SMILES string of the molecule is Cc1cc(C)on1.Cc1ccc(-c2cn3c(n2)sc2ccccc23)cc1. The number of nitrogens with zero attached hydrogens (tertiary/aromatic N) is 3. The first-order valence-corrected chi connectivity index (χ1v) is 9.25. The van der Waals surface area contributed by atoms with E-state index in [9.17, 15) is 0 Å². The fourth-order valence-corrected chi connectivity index (χ4v) is 3.81. The van der Waals surface area contributed by atoms with Crippen LogP contribution in [0.2, 0.25) is 0 Å². The molecule has 0 atom stereocenters. The van der Waals surface area contributed by atoms with Crippen molar-refractivity contribution >= 4 is 26.5 Å². The first-order chi connectivity index (χ1) is 12.6. The molecule has 0 spiro atoms. The van der Waals surface area contributed by atoms with Crippen LogP contribution in [0, 0.1) is 20.8 Å². The molecule has 3 heterocycles. The molecule has 0 radical (unpaired) electrons. The van der Waals surface area contributed by atoms with Gasteiger partial charge in [-0.15, -0.1) is 0 Å². The highest BCUT2D eigenvalue weighted by molar-refractivity contribution is 7.23. The molecular formula is C21H19N3OS. The monoisotopic (exact) mass is 361 g/mol. The van der Waals surface area contributed by atoms with Gasteiger partial charge in [0.25, 0.3) is 0 Å². The van der Waals surface area contributed by atoms with Gasteiger partial charge in [-0.2, -0.15) is 0 Å². The number of rotatable bonds is 1. The van der Waals surface area contributed by atoms with E-state index in [0.29, 0.717) is 0 Å². The summed E-state index contributed by atoms with van der Waals surface area (Å²) in [6, 6.07) is 18.8. The van der Waals surface area contributed by atoms with Crippen LogP contribution in [0.3, 0.4) is 0 Å². The minimum absolute atomic E-state index is 0.873. The van der Waals surface area contributed by atoms with Gasteiger partial charge in [0.15, 0.2) is 4.96 Å². The number of imidazole rings is 1. The van der Waals surface area contributed by atoms with E-state index >= 15 is 0 Å². The Morgan fingerprint density at radius 2 is 1.73 bits per heavy atom. The average Bonchev–Trinajstić information content (AvgIpc) is 3.30. The van der Waals surface area contributed by atoms with E-state index in [1.54, 1.807) is 11.3 Å². The van der Waals surface area contributed by atoms with E-state index in [1.165, 1.54) is 21.3 Å². The molecule has 3 aromatic heterocycles. The molecule has 26 heavy (non-hydrogen) atoms. The van der Waals surface area contributed by atoms with Gasteiger partial charge in [-0.05, 0) is 32.9 Å². The van der Waals surface area contributed by atoms with Gasteiger partial charge in [-0.3, -0.25) is 4.40 Å². The first kappa shape index (κ1) is 16.5. The fourth-order valence-electron chi connectivity index (χ4n) is 2.80. The fraction of sp³-hybridized carbons (Fsp3) is 0.143. The lowest BCUT2D eigenvalue weighted by Crippen LogP contribution is -1.78. The molecule has 0 aliphatic heterocycles. The number of fused-ring (bicyclic) bond motifs is 3. The second kappa shape index (κ2) is 6.77. The maximum Gasteiger partial charge on any atom is 0.195 e. The van der Waals surface area contributed by atoms with Crippen molar-refractivity contribution in [3.05, 3.63) is 77.8 Å². The van der Waals surface area contributed by atoms with Crippen molar-refractivity contribution in [2.24, 2.45) is 0 Å². The molecule has 0 unspecified atom stereocenters. The summed E-state index contributed by atoms with van der Waals surface area (Å²) in [6.45, 7) is 5.87. The molecular weight excluding hydrogens is 342 g/mol. The highest BCUT2D eigenvalue weighted by Crippen LogP contribution is 2.29. The third-order valence-corrected chi connectivity index (χ3v) is 5.13. The second-order valence-electron chi connectivity index (χ2n) is 6.29. The highest BCUT2D eigenvalue weighted by Gasteiger charge is 2.09. The zero-order valence-corrected chi connectivity index (χ0v) is 15.7. The second-order valence-corrected chi connectivity index (χ2v) is 7.30. The molecule has 130 valence electrons. The number of para-hydroxylation sites is 1. The van der Waals surface area contributed by atoms with Crippen molar-refractivity contribution in [1.29, 1.82) is 0 Å². The van der Waals surface area contributed by atoms with Gasteiger partial charge in [0.05, 0.1) is 21.6 Å². The predicted molar refractivity (Wildman–Crippen MR) is 107 cm³/mol. The van der Waals surface area contributed by atoms with Crippen LogP contribution >= 0.6 is 11.3 Å². The van der Waals surface area contributed by atoms with E-state index in [-0.39, 0.29) is 0 Å². The minimum Gasteiger partial charge on any atom is -0.361 e. The van der Waals surface area contributed by atoms with Crippen molar-refractivity contribution in [3.63, 3.8) is 0 Å². The number of hydrogen-bond donors (Lipinski definition) is 0. The zero-order valence-electron chi connectivity index (χ0n) is 14.9. The topological polar surface area (TPSA) is 43.3 Å². The number of aromatic nitrogens is 3. The zero-order chi connectivity index (χ0) is 18.1. The Hall–Kier alpha value is -2.92. The van der Waals surface area contributed by atoms with Crippen molar-refractivity contribution in [3.8, 4) is 11.3 Å². The summed E-state index contributed by atoms with van der Waals surface area (Å²) in [7, 11) is 0. The summed E-state index contributed by atoms with van der Waals surface area (Å²) in [5.41, 5.74) is 5.66. The van der Waals surface area contributed by atoms with Crippen molar-refractivity contribution < 1.29 is 4.52 Å². The largest absolute Gasteiger partial charge is 0.361 e. The molecule has 0 aliphatic rings. The lowest BCUT2D eigenvalue weighted by Gasteiger charge is -1.96. The smallest absolute Gasteiger partial charge is 0.195 e. The van der Waals surface area contributed by atoms with E-state index in [4.69, 9.17) is 9.51 Å². The third-order valence-electron chi connectivity index (χ3n) is 4.09. The molecule has 0 bridgehead atoms. The summed E-state index contributed by atoms with van der Waals surface area (Å²) in [4.78, 5) is 5.78. The molecule has 4 nitrogen and oxygen atoms in total. The molecule has 0 aliphatic carbocycles. The van der Waals surface area contributed by atoms with E-state index < -0.39 is 0 Å². The molecule has 5 heteroatoms. The van der Waals surface area contributed by atoms with Crippen LogP contribution in [0.1, 0.15) is 17.0 Å². The quantitative estimate of drug-likeness (QED) is 0.378. The van der Waals surface area contributed by atoms with Crippen LogP contribution in [0.4, 0.5) is 0 Å². The van der Waals surface area contributed by atoms with E-state index in [0.717, 1.165) is 22.1 Å². The van der Waals surface area contributed by atoms with Crippen LogP contribution in [0.5, 0.6) is 0 Å². The Kier molecular flexibility index (Phi) is 4.31. The van der Waals surface area contributed by atoms with Crippen molar-refractivity contribution in [1.82, 2.24) is 14.5 Å². The number of aryl methyl sites for hydroxylation is 3. The molecule has 0 saturated heterocycles. The highest BCUT2D eigenvalue weighted by atomic mass is 32.1. The van der Waals surface area contributed by atoms with Gasteiger partial charge in [0.2, 0.25) is 0 Å². The minimum atomic E-state index is 0.873. The van der Waals surface area contributed by atoms with Crippen LogP contribution in [0.25, 0.3) is 26.4 Å². The number of benzene rings is 2. The number of thiazole rings is 1. The van der Waals surface area contributed by atoms with Gasteiger partial charge >= 0.3 is 0 Å². The lowest BCUT2D eigenvalue weighted by atomic mass is 10.1. The van der Waals surface area contributed by atoms with Gasteiger partial charge in [0, 0.05) is 17.8 Å². The third kappa shape index (κ3) is 3.26. The van der Waals surface area contributed by atoms with E-state index in [2.05, 4.69) is 71.2 Å². The van der Waals surface area contributed by atoms with Crippen LogP contribution in [-0.2, 0) is 0 Å². The number of hydrogen-bond acceptors (Lipinski definition) is 4. The summed E-state index contributed by atoms with van der Waals surface area (Å²) in [6.07, 6.45) is 2.12. The van der Waals surface area contributed by atoms with Crippen molar-refractivity contribution in [2.45, 2.75) is 20.8 Å². The summed E-state index contributed by atoms with van der Waals surface area (Å²) >= 11 is 1.73. The first-order valence-electron chi connectivity index (χ1n) is 8.44. The van der Waals surface area contributed by atoms with Gasteiger partial charge in [-0.1, -0.05) is 58.5 Å². The molecule has 0 amide bonds. The van der Waals surface area contributed by atoms with Gasteiger partial charge in [0.1, 0.15) is 5.76 Å². The Morgan fingerprint density at radius 3 is 2.38 bits per heavy atom. The normalized spacial score (nSPS) is 10.9. The molecule has 2 aromatic carbocycles. The molecule has 5 aromatic rings. The van der Waals surface area contributed by atoms with E-state index in [1.807, 2.05) is 19.9 Å². The van der Waals surface area contributed by atoms with Gasteiger partial charge < -0.3 is 4.52 Å².